The smallest absolute Gasteiger partial charge is 0.231 e. The van der Waals surface area contributed by atoms with Gasteiger partial charge < -0.3 is 9.47 Å². The molecule has 0 fully saturated rings. The molecule has 0 bridgehead atoms. The van der Waals surface area contributed by atoms with E-state index in [1.54, 1.807) is 5.37 Å². The number of hydrogen-bond acceptors (Lipinski definition) is 3. The fourth-order valence-corrected chi connectivity index (χ4v) is 1.13. The van der Waals surface area contributed by atoms with Crippen LogP contribution in [0.2, 0.25) is 0 Å². The molecule has 0 amide bonds. The van der Waals surface area contributed by atoms with E-state index >= 15 is 0 Å². The Morgan fingerprint density at radius 2 is 2.09 bits per heavy atom. The minimum Gasteiger partial charge on any atom is -0.454 e. The van der Waals surface area contributed by atoms with Crippen LogP contribution in [-0.4, -0.2) is 12.2 Å². The second kappa shape index (κ2) is 2.51. The molecular weight excluding hydrogens is 160 g/mol. The predicted octanol–water partition coefficient (Wildman–Crippen LogP) is 1.76. The standard InChI is InChI=1S/C8H6O2S/c11-4-6-1-2-7-8(3-6)10-5-9-7/h1-4H,5H2. The second-order valence-corrected chi connectivity index (χ2v) is 2.47. The third kappa shape index (κ3) is 1.07. The maximum Gasteiger partial charge on any atom is 0.231 e. The fourth-order valence-electron chi connectivity index (χ4n) is 0.986. The number of benzene rings is 1. The van der Waals surface area contributed by atoms with Crippen LogP contribution in [0.4, 0.5) is 0 Å². The first-order chi connectivity index (χ1) is 5.40. The number of rotatable bonds is 1. The first-order valence-corrected chi connectivity index (χ1v) is 3.72. The highest BCUT2D eigenvalue weighted by atomic mass is 32.1. The van der Waals surface area contributed by atoms with Crippen molar-refractivity contribution in [2.24, 2.45) is 0 Å². The number of ether oxygens (including phenoxy) is 2. The van der Waals surface area contributed by atoms with Gasteiger partial charge in [0.1, 0.15) is 0 Å². The van der Waals surface area contributed by atoms with E-state index in [1.807, 2.05) is 18.2 Å². The van der Waals surface area contributed by atoms with Crippen molar-refractivity contribution in [1.82, 2.24) is 0 Å². The molecule has 11 heavy (non-hydrogen) atoms. The lowest BCUT2D eigenvalue weighted by Gasteiger charge is -1.95. The summed E-state index contributed by atoms with van der Waals surface area (Å²) in [6, 6.07) is 5.64. The second-order valence-electron chi connectivity index (χ2n) is 2.23. The molecule has 1 heterocycles. The molecule has 1 aromatic carbocycles. The molecule has 0 spiro atoms. The zero-order valence-electron chi connectivity index (χ0n) is 5.74. The molecule has 0 saturated heterocycles. The molecule has 0 atom stereocenters. The number of fused-ring (bicyclic) bond motifs is 1. The summed E-state index contributed by atoms with van der Waals surface area (Å²) in [6.45, 7) is 0.316. The van der Waals surface area contributed by atoms with E-state index in [-0.39, 0.29) is 0 Å². The highest BCUT2D eigenvalue weighted by Crippen LogP contribution is 2.31. The Morgan fingerprint density at radius 1 is 1.27 bits per heavy atom. The lowest BCUT2D eigenvalue weighted by atomic mass is 10.2. The van der Waals surface area contributed by atoms with Gasteiger partial charge in [0.25, 0.3) is 0 Å². The average molecular weight is 166 g/mol. The zero-order valence-corrected chi connectivity index (χ0v) is 6.56. The fraction of sp³-hybridized carbons (Fsp3) is 0.125. The Kier molecular flexibility index (Phi) is 1.51. The molecule has 1 aliphatic rings. The van der Waals surface area contributed by atoms with E-state index in [1.165, 1.54) is 0 Å². The molecule has 0 unspecified atom stereocenters. The van der Waals surface area contributed by atoms with Crippen molar-refractivity contribution in [2.45, 2.75) is 0 Å². The van der Waals surface area contributed by atoms with E-state index in [0.29, 0.717) is 6.79 Å². The van der Waals surface area contributed by atoms with Gasteiger partial charge in [0, 0.05) is 5.37 Å². The first kappa shape index (κ1) is 6.61. The van der Waals surface area contributed by atoms with Crippen molar-refractivity contribution < 1.29 is 9.47 Å². The first-order valence-electron chi connectivity index (χ1n) is 3.25. The summed E-state index contributed by atoms with van der Waals surface area (Å²) in [4.78, 5) is 0. The van der Waals surface area contributed by atoms with Crippen molar-refractivity contribution in [2.75, 3.05) is 6.79 Å². The molecule has 1 aliphatic heterocycles. The van der Waals surface area contributed by atoms with Crippen LogP contribution in [0.5, 0.6) is 11.5 Å². The van der Waals surface area contributed by atoms with Crippen LogP contribution in [0.15, 0.2) is 18.2 Å². The third-order valence-corrected chi connectivity index (χ3v) is 1.80. The summed E-state index contributed by atoms with van der Waals surface area (Å²) in [6.07, 6.45) is 0. The van der Waals surface area contributed by atoms with Gasteiger partial charge in [-0.2, -0.15) is 0 Å². The van der Waals surface area contributed by atoms with Gasteiger partial charge >= 0.3 is 0 Å². The van der Waals surface area contributed by atoms with Crippen molar-refractivity contribution in [3.8, 4) is 11.5 Å². The SMILES string of the molecule is S=Cc1ccc2c(c1)OCO2. The molecule has 0 N–H and O–H groups in total. The monoisotopic (exact) mass is 166 g/mol. The van der Waals surface area contributed by atoms with Crippen LogP contribution in [-0.2, 0) is 0 Å². The molecular formula is C8H6O2S. The Bertz CT molecular complexity index is 296. The Hall–Kier alpha value is -1.09. The lowest BCUT2D eigenvalue weighted by molar-refractivity contribution is 0.174. The summed E-state index contributed by atoms with van der Waals surface area (Å²) in [7, 11) is 0. The van der Waals surface area contributed by atoms with E-state index in [4.69, 9.17) is 21.7 Å². The predicted molar refractivity (Wildman–Crippen MR) is 45.3 cm³/mol. The normalized spacial score (nSPS) is 13.1. The Morgan fingerprint density at radius 3 is 2.91 bits per heavy atom. The molecule has 0 saturated carbocycles. The molecule has 0 radical (unpaired) electrons. The summed E-state index contributed by atoms with van der Waals surface area (Å²) in [5.74, 6) is 1.58. The molecule has 2 rings (SSSR count). The van der Waals surface area contributed by atoms with Gasteiger partial charge in [-0.05, 0) is 17.7 Å². The maximum absolute atomic E-state index is 5.15. The minimum absolute atomic E-state index is 0.316. The van der Waals surface area contributed by atoms with Crippen LogP contribution in [0.3, 0.4) is 0 Å². The highest BCUT2D eigenvalue weighted by Gasteiger charge is 2.11. The summed E-state index contributed by atoms with van der Waals surface area (Å²) >= 11 is 4.77. The zero-order chi connectivity index (χ0) is 7.68. The van der Waals surface area contributed by atoms with Crippen molar-refractivity contribution in [3.63, 3.8) is 0 Å². The summed E-state index contributed by atoms with van der Waals surface area (Å²) in [5.41, 5.74) is 0.976. The Labute approximate surface area is 69.7 Å². The van der Waals surface area contributed by atoms with Gasteiger partial charge in [0.2, 0.25) is 6.79 Å². The topological polar surface area (TPSA) is 18.5 Å². The number of hydrogen-bond donors (Lipinski definition) is 0. The van der Waals surface area contributed by atoms with Crippen LogP contribution in [0, 0.1) is 0 Å². The van der Waals surface area contributed by atoms with E-state index in [0.717, 1.165) is 17.1 Å². The number of thiocarbonyl (C=S) groups is 1. The van der Waals surface area contributed by atoms with Gasteiger partial charge in [-0.1, -0.05) is 18.3 Å². The van der Waals surface area contributed by atoms with Gasteiger partial charge in [-0.25, -0.2) is 0 Å². The quantitative estimate of drug-likeness (QED) is 0.592. The van der Waals surface area contributed by atoms with Gasteiger partial charge in [-0.3, -0.25) is 0 Å². The van der Waals surface area contributed by atoms with E-state index in [2.05, 4.69) is 0 Å². The minimum atomic E-state index is 0.316. The molecule has 1 aromatic rings. The van der Waals surface area contributed by atoms with Crippen LogP contribution < -0.4 is 9.47 Å². The molecule has 3 heteroatoms. The van der Waals surface area contributed by atoms with Gasteiger partial charge in [0.05, 0.1) is 0 Å². The van der Waals surface area contributed by atoms with Crippen molar-refractivity contribution in [1.29, 1.82) is 0 Å². The summed E-state index contributed by atoms with van der Waals surface area (Å²) < 4.78 is 10.3. The van der Waals surface area contributed by atoms with Gasteiger partial charge in [-0.15, -0.1) is 0 Å². The van der Waals surface area contributed by atoms with Crippen molar-refractivity contribution >= 4 is 17.6 Å². The van der Waals surface area contributed by atoms with Crippen LogP contribution in [0.25, 0.3) is 0 Å². The molecule has 2 nitrogen and oxygen atoms in total. The molecule has 0 aromatic heterocycles. The highest BCUT2D eigenvalue weighted by molar-refractivity contribution is 7.79. The summed E-state index contributed by atoms with van der Waals surface area (Å²) in [5, 5.41) is 1.61. The van der Waals surface area contributed by atoms with Crippen molar-refractivity contribution in [3.05, 3.63) is 23.8 Å². The average Bonchev–Trinajstić information content (AvgIpc) is 2.50. The lowest BCUT2D eigenvalue weighted by Crippen LogP contribution is -1.92. The maximum atomic E-state index is 5.15. The molecule has 0 aliphatic carbocycles. The largest absolute Gasteiger partial charge is 0.454 e. The molecule has 56 valence electrons. The Balaban J connectivity index is 2.48. The van der Waals surface area contributed by atoms with E-state index < -0.39 is 0 Å². The van der Waals surface area contributed by atoms with Crippen LogP contribution in [0.1, 0.15) is 5.56 Å². The van der Waals surface area contributed by atoms with Gasteiger partial charge in [0.15, 0.2) is 11.5 Å². The van der Waals surface area contributed by atoms with E-state index in [9.17, 15) is 0 Å². The third-order valence-electron chi connectivity index (χ3n) is 1.53. The van der Waals surface area contributed by atoms with Crippen LogP contribution >= 0.6 is 12.2 Å².